The average molecular weight is 298 g/mol. The zero-order valence-corrected chi connectivity index (χ0v) is 12.1. The zero-order valence-electron chi connectivity index (χ0n) is 11.2. The molecule has 0 fully saturated rings. The molecule has 3 aromatic rings. The summed E-state index contributed by atoms with van der Waals surface area (Å²) in [7, 11) is 0. The van der Waals surface area contributed by atoms with Gasteiger partial charge in [-0.15, -0.1) is 11.3 Å². The smallest absolute Gasteiger partial charge is 0.231 e. The maximum atomic E-state index is 12.1. The molecule has 0 aliphatic heterocycles. The summed E-state index contributed by atoms with van der Waals surface area (Å²) < 4.78 is 0. The van der Waals surface area contributed by atoms with E-state index in [0.717, 1.165) is 16.5 Å². The Balaban J connectivity index is 1.77. The van der Waals surface area contributed by atoms with Gasteiger partial charge in [0.2, 0.25) is 5.91 Å². The Hall–Kier alpha value is -2.24. The number of carbonyl (C=O) groups excluding carboxylic acids is 1. The predicted molar refractivity (Wildman–Crippen MR) is 84.3 cm³/mol. The van der Waals surface area contributed by atoms with Crippen LogP contribution in [0, 0.1) is 0 Å². The van der Waals surface area contributed by atoms with Crippen LogP contribution in [0.15, 0.2) is 47.8 Å². The predicted octanol–water partition coefficient (Wildman–Crippen LogP) is 2.97. The van der Waals surface area contributed by atoms with E-state index in [9.17, 15) is 4.79 Å². The largest absolute Gasteiger partial charge is 0.390 e. The van der Waals surface area contributed by atoms with E-state index in [2.05, 4.69) is 10.3 Å². The summed E-state index contributed by atoms with van der Waals surface area (Å²) in [5.41, 5.74) is 1.41. The van der Waals surface area contributed by atoms with Crippen molar-refractivity contribution in [1.82, 2.24) is 4.98 Å². The first-order valence-electron chi connectivity index (χ1n) is 6.58. The van der Waals surface area contributed by atoms with Crippen molar-refractivity contribution in [3.8, 4) is 0 Å². The van der Waals surface area contributed by atoms with E-state index < -0.39 is 0 Å². The molecule has 1 aromatic heterocycles. The number of nitrogens with one attached hydrogen (secondary N) is 1. The Morgan fingerprint density at radius 1 is 1.19 bits per heavy atom. The summed E-state index contributed by atoms with van der Waals surface area (Å²) >= 11 is 1.38. The number of benzene rings is 2. The van der Waals surface area contributed by atoms with Gasteiger partial charge in [-0.1, -0.05) is 36.4 Å². The Kier molecular flexibility index (Phi) is 3.94. The van der Waals surface area contributed by atoms with Crippen LogP contribution in [0.3, 0.4) is 0 Å². The lowest BCUT2D eigenvalue weighted by Gasteiger charge is -2.07. The molecule has 0 saturated heterocycles. The highest BCUT2D eigenvalue weighted by molar-refractivity contribution is 7.09. The van der Waals surface area contributed by atoms with Gasteiger partial charge >= 0.3 is 0 Å². The van der Waals surface area contributed by atoms with Gasteiger partial charge in [0, 0.05) is 16.5 Å². The molecule has 0 unspecified atom stereocenters. The van der Waals surface area contributed by atoms with Crippen molar-refractivity contribution in [3.05, 3.63) is 58.5 Å². The van der Waals surface area contributed by atoms with Gasteiger partial charge in [-0.2, -0.15) is 0 Å². The summed E-state index contributed by atoms with van der Waals surface area (Å²) in [4.78, 5) is 16.3. The Morgan fingerprint density at radius 2 is 2.00 bits per heavy atom. The number of hydrogen-bond acceptors (Lipinski definition) is 4. The molecule has 0 atom stereocenters. The van der Waals surface area contributed by atoms with Crippen LogP contribution in [0.25, 0.3) is 10.8 Å². The molecule has 3 rings (SSSR count). The number of aliphatic hydroxyl groups excluding tert-OH is 1. The normalized spacial score (nSPS) is 10.7. The maximum absolute atomic E-state index is 12.1. The first-order chi connectivity index (χ1) is 10.3. The number of anilines is 1. The van der Waals surface area contributed by atoms with Crippen molar-refractivity contribution < 1.29 is 9.90 Å². The van der Waals surface area contributed by atoms with Gasteiger partial charge in [-0.05, 0) is 11.5 Å². The minimum atomic E-state index is -0.106. The molecule has 0 spiro atoms. The SMILES string of the molecule is O=C(Cc1nc(CO)cs1)Nc1cccc2ccccc12. The minimum Gasteiger partial charge on any atom is -0.390 e. The van der Waals surface area contributed by atoms with Gasteiger partial charge < -0.3 is 10.4 Å². The Morgan fingerprint density at radius 3 is 2.81 bits per heavy atom. The van der Waals surface area contributed by atoms with E-state index in [4.69, 9.17) is 5.11 Å². The van der Waals surface area contributed by atoms with Gasteiger partial charge in [-0.25, -0.2) is 4.98 Å². The quantitative estimate of drug-likeness (QED) is 0.778. The van der Waals surface area contributed by atoms with Crippen molar-refractivity contribution in [2.24, 2.45) is 0 Å². The molecular weight excluding hydrogens is 284 g/mol. The van der Waals surface area contributed by atoms with Crippen LogP contribution in [-0.4, -0.2) is 16.0 Å². The molecule has 1 heterocycles. The molecule has 1 amide bonds. The number of amides is 1. The molecule has 0 saturated carbocycles. The molecule has 0 aliphatic carbocycles. The van der Waals surface area contributed by atoms with Crippen molar-refractivity contribution >= 4 is 33.7 Å². The van der Waals surface area contributed by atoms with Crippen molar-refractivity contribution in [3.63, 3.8) is 0 Å². The highest BCUT2D eigenvalue weighted by atomic mass is 32.1. The highest BCUT2D eigenvalue weighted by Crippen LogP contribution is 2.23. The molecule has 2 aromatic carbocycles. The third-order valence-corrected chi connectivity index (χ3v) is 4.03. The lowest BCUT2D eigenvalue weighted by atomic mass is 10.1. The van der Waals surface area contributed by atoms with Crippen molar-refractivity contribution in [1.29, 1.82) is 0 Å². The van der Waals surface area contributed by atoms with Crippen LogP contribution in [-0.2, 0) is 17.8 Å². The van der Waals surface area contributed by atoms with Crippen LogP contribution in [0.5, 0.6) is 0 Å². The lowest BCUT2D eigenvalue weighted by molar-refractivity contribution is -0.115. The van der Waals surface area contributed by atoms with Gasteiger partial charge in [0.15, 0.2) is 0 Å². The van der Waals surface area contributed by atoms with E-state index in [1.54, 1.807) is 5.38 Å². The van der Waals surface area contributed by atoms with Crippen molar-refractivity contribution in [2.75, 3.05) is 5.32 Å². The number of nitrogens with zero attached hydrogens (tertiary/aromatic N) is 1. The standard InChI is InChI=1S/C16H14N2O2S/c19-9-12-10-21-16(17-12)8-15(20)18-14-7-3-5-11-4-1-2-6-13(11)14/h1-7,10,19H,8-9H2,(H,18,20). The number of thiazole rings is 1. The third-order valence-electron chi connectivity index (χ3n) is 3.14. The topological polar surface area (TPSA) is 62.2 Å². The van der Waals surface area contributed by atoms with Gasteiger partial charge in [0.05, 0.1) is 18.7 Å². The summed E-state index contributed by atoms with van der Waals surface area (Å²) in [6, 6.07) is 13.7. The van der Waals surface area contributed by atoms with Crippen molar-refractivity contribution in [2.45, 2.75) is 13.0 Å². The van der Waals surface area contributed by atoms with Crippen LogP contribution >= 0.6 is 11.3 Å². The molecule has 106 valence electrons. The van der Waals surface area contributed by atoms with Crippen LogP contribution in [0.1, 0.15) is 10.7 Å². The minimum absolute atomic E-state index is 0.0958. The molecule has 0 aliphatic rings. The zero-order chi connectivity index (χ0) is 14.7. The van der Waals surface area contributed by atoms with Crippen LogP contribution in [0.4, 0.5) is 5.69 Å². The number of hydrogen-bond donors (Lipinski definition) is 2. The van der Waals surface area contributed by atoms with Gasteiger partial charge in [-0.3, -0.25) is 4.79 Å². The lowest BCUT2D eigenvalue weighted by Crippen LogP contribution is -2.14. The molecular formula is C16H14N2O2S. The van der Waals surface area contributed by atoms with Gasteiger partial charge in [0.1, 0.15) is 5.01 Å². The number of fused-ring (bicyclic) bond motifs is 1. The highest BCUT2D eigenvalue weighted by Gasteiger charge is 2.09. The fourth-order valence-electron chi connectivity index (χ4n) is 2.17. The first kappa shape index (κ1) is 13.7. The Labute approximate surface area is 126 Å². The monoisotopic (exact) mass is 298 g/mol. The molecule has 5 heteroatoms. The van der Waals surface area contributed by atoms with E-state index >= 15 is 0 Å². The third kappa shape index (κ3) is 3.09. The molecule has 21 heavy (non-hydrogen) atoms. The van der Waals surface area contributed by atoms with Crippen LogP contribution in [0.2, 0.25) is 0 Å². The van der Waals surface area contributed by atoms with Crippen LogP contribution < -0.4 is 5.32 Å². The number of carbonyl (C=O) groups is 1. The van der Waals surface area contributed by atoms with E-state index in [-0.39, 0.29) is 18.9 Å². The second-order valence-corrected chi connectivity index (χ2v) is 5.59. The van der Waals surface area contributed by atoms with E-state index in [1.165, 1.54) is 11.3 Å². The summed E-state index contributed by atoms with van der Waals surface area (Å²) in [6.45, 7) is -0.0958. The summed E-state index contributed by atoms with van der Waals surface area (Å²) in [6.07, 6.45) is 0.216. The molecule has 0 radical (unpaired) electrons. The van der Waals surface area contributed by atoms with Gasteiger partial charge in [0.25, 0.3) is 0 Å². The summed E-state index contributed by atoms with van der Waals surface area (Å²) in [5, 5.41) is 16.5. The maximum Gasteiger partial charge on any atom is 0.231 e. The molecule has 0 bridgehead atoms. The molecule has 2 N–H and O–H groups in total. The summed E-state index contributed by atoms with van der Waals surface area (Å²) in [5.74, 6) is -0.106. The number of aromatic nitrogens is 1. The fraction of sp³-hybridized carbons (Fsp3) is 0.125. The molecule has 4 nitrogen and oxygen atoms in total. The number of rotatable bonds is 4. The fourth-order valence-corrected chi connectivity index (χ4v) is 2.95. The van der Waals surface area contributed by atoms with E-state index in [0.29, 0.717) is 10.7 Å². The number of aliphatic hydroxyl groups is 1. The Bertz CT molecular complexity index is 777. The average Bonchev–Trinajstić information content (AvgIpc) is 2.95. The van der Waals surface area contributed by atoms with E-state index in [1.807, 2.05) is 42.5 Å². The first-order valence-corrected chi connectivity index (χ1v) is 7.46. The second-order valence-electron chi connectivity index (χ2n) is 4.64. The second kappa shape index (κ2) is 6.03.